The molecule has 0 atom stereocenters. The van der Waals surface area contributed by atoms with Crippen molar-refractivity contribution in [2.45, 2.75) is 0 Å². The standard InChI is InChI=1S/C22H15ClN2O6/c23-18-11-10-15(12-19(18)25(29)30)24-20(26)13-31-22(28)17-9-5-4-8-16(17)21(27)14-6-2-1-3-7-14/h1-12H,13H2,(H,24,26). The second-order valence-corrected chi connectivity index (χ2v) is 6.70. The second kappa shape index (κ2) is 9.64. The van der Waals surface area contributed by atoms with Gasteiger partial charge in [-0.15, -0.1) is 0 Å². The first kappa shape index (κ1) is 21.7. The van der Waals surface area contributed by atoms with Crippen molar-refractivity contribution in [2.24, 2.45) is 0 Å². The summed E-state index contributed by atoms with van der Waals surface area (Å²) < 4.78 is 5.03. The number of nitrogens with zero attached hydrogens (tertiary/aromatic N) is 1. The predicted octanol–water partition coefficient (Wildman–Crippen LogP) is 4.27. The largest absolute Gasteiger partial charge is 0.452 e. The minimum absolute atomic E-state index is 0.0197. The lowest BCUT2D eigenvalue weighted by atomic mass is 9.98. The van der Waals surface area contributed by atoms with E-state index in [0.717, 1.165) is 6.07 Å². The fraction of sp³-hybridized carbons (Fsp3) is 0.0455. The van der Waals surface area contributed by atoms with Crippen LogP contribution in [0, 0.1) is 10.1 Å². The van der Waals surface area contributed by atoms with Crippen molar-refractivity contribution in [3.8, 4) is 0 Å². The maximum absolute atomic E-state index is 12.7. The van der Waals surface area contributed by atoms with Crippen molar-refractivity contribution < 1.29 is 24.0 Å². The number of nitrogens with one attached hydrogen (secondary N) is 1. The summed E-state index contributed by atoms with van der Waals surface area (Å²) in [5.41, 5.74) is 0.324. The molecule has 8 nitrogen and oxygen atoms in total. The first-order chi connectivity index (χ1) is 14.9. The first-order valence-corrected chi connectivity index (χ1v) is 9.34. The van der Waals surface area contributed by atoms with E-state index in [2.05, 4.69) is 5.32 Å². The van der Waals surface area contributed by atoms with Gasteiger partial charge in [0.05, 0.1) is 10.5 Å². The number of ketones is 1. The van der Waals surface area contributed by atoms with Crippen LogP contribution >= 0.6 is 11.6 Å². The summed E-state index contributed by atoms with van der Waals surface area (Å²) in [6.45, 7) is -0.650. The van der Waals surface area contributed by atoms with Crippen LogP contribution in [0.1, 0.15) is 26.3 Å². The summed E-state index contributed by atoms with van der Waals surface area (Å²) in [5.74, 6) is -1.92. The van der Waals surface area contributed by atoms with E-state index in [-0.39, 0.29) is 33.3 Å². The van der Waals surface area contributed by atoms with Gasteiger partial charge in [-0.05, 0) is 18.2 Å². The van der Waals surface area contributed by atoms with Crippen LogP contribution in [0.3, 0.4) is 0 Å². The molecule has 0 fully saturated rings. The molecule has 3 rings (SSSR count). The number of rotatable bonds is 7. The van der Waals surface area contributed by atoms with Gasteiger partial charge in [0.2, 0.25) is 0 Å². The Morgan fingerprint density at radius 2 is 1.58 bits per heavy atom. The number of ether oxygens (including phenoxy) is 1. The molecule has 0 saturated carbocycles. The number of carbonyl (C=O) groups is 3. The van der Waals surface area contributed by atoms with Gasteiger partial charge in [0.25, 0.3) is 11.6 Å². The summed E-state index contributed by atoms with van der Waals surface area (Å²) in [4.78, 5) is 47.5. The molecule has 3 aromatic rings. The van der Waals surface area contributed by atoms with Gasteiger partial charge in [0.15, 0.2) is 12.4 Å². The van der Waals surface area contributed by atoms with Crippen LogP contribution in [0.2, 0.25) is 5.02 Å². The van der Waals surface area contributed by atoms with Crippen LogP contribution < -0.4 is 5.32 Å². The second-order valence-electron chi connectivity index (χ2n) is 6.29. The zero-order valence-electron chi connectivity index (χ0n) is 15.9. The molecule has 0 bridgehead atoms. The number of halogens is 1. The molecule has 0 aliphatic carbocycles. The van der Waals surface area contributed by atoms with E-state index in [1.165, 1.54) is 24.3 Å². The highest BCUT2D eigenvalue weighted by atomic mass is 35.5. The van der Waals surface area contributed by atoms with E-state index in [4.69, 9.17) is 16.3 Å². The monoisotopic (exact) mass is 438 g/mol. The van der Waals surface area contributed by atoms with Gasteiger partial charge < -0.3 is 10.1 Å². The molecular weight excluding hydrogens is 424 g/mol. The van der Waals surface area contributed by atoms with Gasteiger partial charge in [0.1, 0.15) is 5.02 Å². The highest BCUT2D eigenvalue weighted by molar-refractivity contribution is 6.32. The maximum atomic E-state index is 12.7. The molecule has 1 amide bonds. The van der Waals surface area contributed by atoms with E-state index in [0.29, 0.717) is 5.56 Å². The Bertz CT molecular complexity index is 1160. The number of anilines is 1. The lowest BCUT2D eigenvalue weighted by Gasteiger charge is -2.10. The Morgan fingerprint density at radius 3 is 2.26 bits per heavy atom. The average Bonchev–Trinajstić information content (AvgIpc) is 2.78. The molecule has 0 radical (unpaired) electrons. The van der Waals surface area contributed by atoms with Crippen molar-refractivity contribution >= 4 is 40.6 Å². The van der Waals surface area contributed by atoms with Gasteiger partial charge in [-0.25, -0.2) is 4.79 Å². The molecule has 0 aliphatic heterocycles. The fourth-order valence-electron chi connectivity index (χ4n) is 2.74. The Kier molecular flexibility index (Phi) is 6.74. The van der Waals surface area contributed by atoms with E-state index in [1.807, 2.05) is 0 Å². The summed E-state index contributed by atoms with van der Waals surface area (Å²) in [5, 5.41) is 13.2. The Hall–Kier alpha value is -4.04. The SMILES string of the molecule is O=C(COC(=O)c1ccccc1C(=O)c1ccccc1)Nc1ccc(Cl)c([N+](=O)[O-])c1. The molecule has 3 aromatic carbocycles. The fourth-order valence-corrected chi connectivity index (χ4v) is 2.93. The number of nitro groups is 1. The smallest absolute Gasteiger partial charge is 0.339 e. The van der Waals surface area contributed by atoms with Gasteiger partial charge in [-0.2, -0.15) is 0 Å². The molecule has 156 valence electrons. The Balaban J connectivity index is 1.68. The molecule has 1 N–H and O–H groups in total. The minimum Gasteiger partial charge on any atom is -0.452 e. The van der Waals surface area contributed by atoms with E-state index >= 15 is 0 Å². The number of hydrogen-bond donors (Lipinski definition) is 1. The molecule has 0 spiro atoms. The van der Waals surface area contributed by atoms with Gasteiger partial charge in [-0.1, -0.05) is 60.1 Å². The predicted molar refractivity (Wildman–Crippen MR) is 113 cm³/mol. The van der Waals surface area contributed by atoms with E-state index in [1.54, 1.807) is 42.5 Å². The highest BCUT2D eigenvalue weighted by Gasteiger charge is 2.20. The molecule has 31 heavy (non-hydrogen) atoms. The summed E-state index contributed by atoms with van der Waals surface area (Å²) in [6, 6.07) is 18.3. The third kappa shape index (κ3) is 5.31. The molecule has 0 aromatic heterocycles. The van der Waals surface area contributed by atoms with Gasteiger partial charge >= 0.3 is 5.97 Å². The third-order valence-corrected chi connectivity index (χ3v) is 4.51. The lowest BCUT2D eigenvalue weighted by Crippen LogP contribution is -2.22. The summed E-state index contributed by atoms with van der Waals surface area (Å²) in [7, 11) is 0. The molecular formula is C22H15ClN2O6. The van der Waals surface area contributed by atoms with Crippen LogP contribution in [0.5, 0.6) is 0 Å². The van der Waals surface area contributed by atoms with Gasteiger partial charge in [-0.3, -0.25) is 19.7 Å². The number of carbonyl (C=O) groups excluding carboxylic acids is 3. The molecule has 0 unspecified atom stereocenters. The topological polar surface area (TPSA) is 116 Å². The van der Waals surface area contributed by atoms with Crippen molar-refractivity contribution in [1.82, 2.24) is 0 Å². The maximum Gasteiger partial charge on any atom is 0.339 e. The van der Waals surface area contributed by atoms with Crippen molar-refractivity contribution in [1.29, 1.82) is 0 Å². The number of nitro benzene ring substituents is 1. The Morgan fingerprint density at radius 1 is 0.935 bits per heavy atom. The van der Waals surface area contributed by atoms with Crippen LogP contribution in [0.15, 0.2) is 72.8 Å². The number of hydrogen-bond acceptors (Lipinski definition) is 6. The normalized spacial score (nSPS) is 10.2. The molecule has 0 saturated heterocycles. The third-order valence-electron chi connectivity index (χ3n) is 4.19. The molecule has 0 aliphatic rings. The zero-order valence-corrected chi connectivity index (χ0v) is 16.7. The van der Waals surface area contributed by atoms with Crippen LogP contribution in [0.4, 0.5) is 11.4 Å². The highest BCUT2D eigenvalue weighted by Crippen LogP contribution is 2.27. The average molecular weight is 439 g/mol. The van der Waals surface area contributed by atoms with E-state index in [9.17, 15) is 24.5 Å². The number of benzene rings is 3. The number of amides is 1. The van der Waals surface area contributed by atoms with Crippen molar-refractivity contribution in [2.75, 3.05) is 11.9 Å². The van der Waals surface area contributed by atoms with Gasteiger partial charge in [0, 0.05) is 22.9 Å². The quantitative estimate of drug-likeness (QED) is 0.255. The zero-order chi connectivity index (χ0) is 22.4. The van der Waals surface area contributed by atoms with Crippen LogP contribution in [-0.2, 0) is 9.53 Å². The summed E-state index contributed by atoms with van der Waals surface area (Å²) in [6.07, 6.45) is 0. The van der Waals surface area contributed by atoms with E-state index < -0.39 is 23.4 Å². The molecule has 9 heteroatoms. The number of esters is 1. The van der Waals surface area contributed by atoms with Crippen LogP contribution in [-0.4, -0.2) is 29.2 Å². The lowest BCUT2D eigenvalue weighted by molar-refractivity contribution is -0.384. The van der Waals surface area contributed by atoms with Crippen molar-refractivity contribution in [3.05, 3.63) is 105 Å². The van der Waals surface area contributed by atoms with Crippen molar-refractivity contribution in [3.63, 3.8) is 0 Å². The molecule has 0 heterocycles. The Labute approximate surface area is 181 Å². The first-order valence-electron chi connectivity index (χ1n) is 8.96. The summed E-state index contributed by atoms with van der Waals surface area (Å²) >= 11 is 5.73. The van der Waals surface area contributed by atoms with Crippen LogP contribution in [0.25, 0.3) is 0 Å². The minimum atomic E-state index is -0.850.